The summed E-state index contributed by atoms with van der Waals surface area (Å²) in [5.74, 6) is -2.91. The molecular formula is C26H26ClNO8S2. The maximum absolute atomic E-state index is 13.6. The van der Waals surface area contributed by atoms with Crippen LogP contribution in [-0.4, -0.2) is 55.7 Å². The Kier molecular flexibility index (Phi) is 8.93. The van der Waals surface area contributed by atoms with Gasteiger partial charge in [0.25, 0.3) is 0 Å². The summed E-state index contributed by atoms with van der Waals surface area (Å²) in [6.07, 6.45) is 1.28. The topological polar surface area (TPSA) is 139 Å². The van der Waals surface area contributed by atoms with Gasteiger partial charge >= 0.3 is 11.9 Å². The van der Waals surface area contributed by atoms with Gasteiger partial charge in [-0.2, -0.15) is 0 Å². The minimum Gasteiger partial charge on any atom is -0.479 e. The molecule has 1 saturated heterocycles. The molecule has 1 fully saturated rings. The summed E-state index contributed by atoms with van der Waals surface area (Å²) in [7, 11) is -3.72. The molecule has 0 radical (unpaired) electrons. The fraction of sp³-hybridized carbons (Fsp3) is 0.308. The average Bonchev–Trinajstić information content (AvgIpc) is 3.23. The monoisotopic (exact) mass is 579 g/mol. The van der Waals surface area contributed by atoms with Crippen LogP contribution in [0.25, 0.3) is 10.4 Å². The zero-order chi connectivity index (χ0) is 27.3. The van der Waals surface area contributed by atoms with E-state index in [2.05, 4.69) is 5.32 Å². The Bertz CT molecular complexity index is 1400. The van der Waals surface area contributed by atoms with Gasteiger partial charge < -0.3 is 25.0 Å². The van der Waals surface area contributed by atoms with Crippen LogP contribution in [0, 0.1) is 5.92 Å². The quantitative estimate of drug-likeness (QED) is 0.298. The summed E-state index contributed by atoms with van der Waals surface area (Å²) in [6, 6.07) is 15.5. The highest BCUT2D eigenvalue weighted by molar-refractivity contribution is 7.91. The minimum atomic E-state index is -3.72. The number of rotatable bonds is 11. The molecule has 38 heavy (non-hydrogen) atoms. The summed E-state index contributed by atoms with van der Waals surface area (Å²) in [5.41, 5.74) is 0.0711. The summed E-state index contributed by atoms with van der Waals surface area (Å²) in [5, 5.41) is 21.7. The average molecular weight is 580 g/mol. The largest absolute Gasteiger partial charge is 0.479 e. The molecule has 3 N–H and O–H groups in total. The maximum atomic E-state index is 13.6. The molecule has 9 nitrogen and oxygen atoms in total. The van der Waals surface area contributed by atoms with Crippen molar-refractivity contribution in [3.05, 3.63) is 70.1 Å². The second-order valence-electron chi connectivity index (χ2n) is 8.79. The first-order valence-electron chi connectivity index (χ1n) is 11.8. The zero-order valence-electron chi connectivity index (χ0n) is 20.1. The first kappa shape index (κ1) is 27.9. The third-order valence-electron chi connectivity index (χ3n) is 6.03. The number of carboxylic acids is 2. The van der Waals surface area contributed by atoms with E-state index in [1.54, 1.807) is 48.5 Å². The van der Waals surface area contributed by atoms with E-state index in [1.165, 1.54) is 0 Å². The van der Waals surface area contributed by atoms with Gasteiger partial charge in [-0.15, -0.1) is 11.3 Å². The van der Waals surface area contributed by atoms with Crippen molar-refractivity contribution in [2.45, 2.75) is 24.0 Å². The van der Waals surface area contributed by atoms with Gasteiger partial charge in [0.2, 0.25) is 5.44 Å². The Morgan fingerprint density at radius 2 is 1.79 bits per heavy atom. The van der Waals surface area contributed by atoms with E-state index in [1.807, 2.05) is 6.07 Å². The molecule has 202 valence electrons. The molecule has 1 atom stereocenters. The Morgan fingerprint density at radius 3 is 2.45 bits per heavy atom. The predicted molar refractivity (Wildman–Crippen MR) is 144 cm³/mol. The number of hydrogen-bond acceptors (Lipinski definition) is 8. The second kappa shape index (κ2) is 12.2. The molecule has 2 aromatic carbocycles. The van der Waals surface area contributed by atoms with Crippen molar-refractivity contribution in [3.63, 3.8) is 0 Å². The van der Waals surface area contributed by atoms with Crippen molar-refractivity contribution in [2.75, 3.05) is 19.7 Å². The van der Waals surface area contributed by atoms with Crippen LogP contribution in [0.15, 0.2) is 54.6 Å². The highest BCUT2D eigenvalue weighted by atomic mass is 35.5. The summed E-state index contributed by atoms with van der Waals surface area (Å²) in [6.45, 7) is 0.622. The fourth-order valence-electron chi connectivity index (χ4n) is 4.30. The summed E-state index contributed by atoms with van der Waals surface area (Å²) < 4.78 is 38.5. The van der Waals surface area contributed by atoms with Crippen LogP contribution in [0.5, 0.6) is 11.5 Å². The number of piperidine rings is 1. The first-order valence-corrected chi connectivity index (χ1v) is 14.7. The number of sulfone groups is 1. The third kappa shape index (κ3) is 6.65. The fourth-order valence-corrected chi connectivity index (χ4v) is 7.64. The van der Waals surface area contributed by atoms with E-state index in [0.717, 1.165) is 11.3 Å². The predicted octanol–water partition coefficient (Wildman–Crippen LogP) is 4.55. The Labute approximate surface area is 228 Å². The molecule has 12 heteroatoms. The van der Waals surface area contributed by atoms with E-state index < -0.39 is 33.8 Å². The normalized spacial score (nSPS) is 15.1. The lowest BCUT2D eigenvalue weighted by atomic mass is 9.99. The number of halogens is 1. The van der Waals surface area contributed by atoms with E-state index in [-0.39, 0.29) is 33.1 Å². The molecule has 0 amide bonds. The number of aromatic carboxylic acids is 1. The molecule has 0 saturated carbocycles. The van der Waals surface area contributed by atoms with Gasteiger partial charge in [0.05, 0.1) is 10.6 Å². The Hall–Kier alpha value is -3.12. The molecule has 1 aliphatic rings. The first-order chi connectivity index (χ1) is 18.2. The molecule has 4 rings (SSSR count). The van der Waals surface area contributed by atoms with E-state index in [9.17, 15) is 23.1 Å². The second-order valence-corrected chi connectivity index (χ2v) is 12.3. The van der Waals surface area contributed by atoms with Crippen molar-refractivity contribution in [2.24, 2.45) is 5.92 Å². The zero-order valence-corrected chi connectivity index (χ0v) is 22.5. The van der Waals surface area contributed by atoms with Crippen LogP contribution in [0.1, 0.15) is 28.1 Å². The molecule has 0 spiro atoms. The molecule has 1 aliphatic heterocycles. The number of ether oxygens (including phenoxy) is 2. The van der Waals surface area contributed by atoms with Crippen molar-refractivity contribution >= 4 is 44.7 Å². The molecular weight excluding hydrogens is 554 g/mol. The van der Waals surface area contributed by atoms with Gasteiger partial charge in [0, 0.05) is 5.92 Å². The van der Waals surface area contributed by atoms with E-state index in [0.29, 0.717) is 41.9 Å². The van der Waals surface area contributed by atoms with Crippen molar-refractivity contribution in [1.29, 1.82) is 0 Å². The molecule has 2 heterocycles. The number of carbonyl (C=O) groups is 2. The summed E-state index contributed by atoms with van der Waals surface area (Å²) in [4.78, 5) is 22.8. The minimum absolute atomic E-state index is 0.0441. The van der Waals surface area contributed by atoms with Gasteiger partial charge in [0.1, 0.15) is 10.8 Å². The lowest BCUT2D eigenvalue weighted by molar-refractivity contribution is -0.139. The van der Waals surface area contributed by atoms with Gasteiger partial charge in [-0.3, -0.25) is 0 Å². The number of nitrogens with one attached hydrogen (secondary N) is 1. The SMILES string of the molecule is O=C(O)COc1c(C(=O)O)sc(-c2cccc(OC(C3CCNCC3)S(=O)(=O)Cc3ccccc3)c2)c1Cl. The number of thiophene rings is 1. The van der Waals surface area contributed by atoms with Gasteiger partial charge in [-0.25, -0.2) is 18.0 Å². The number of aliphatic carboxylic acids is 1. The lowest BCUT2D eigenvalue weighted by Crippen LogP contribution is -2.41. The van der Waals surface area contributed by atoms with Crippen LogP contribution >= 0.6 is 22.9 Å². The van der Waals surface area contributed by atoms with Crippen LogP contribution in [0.2, 0.25) is 5.02 Å². The molecule has 1 unspecified atom stereocenters. The Morgan fingerprint density at radius 1 is 1.08 bits per heavy atom. The molecule has 3 aromatic rings. The third-order valence-corrected chi connectivity index (χ3v) is 9.63. The maximum Gasteiger partial charge on any atom is 0.349 e. The van der Waals surface area contributed by atoms with Crippen molar-refractivity contribution in [3.8, 4) is 21.9 Å². The highest BCUT2D eigenvalue weighted by Crippen LogP contribution is 2.46. The molecule has 1 aromatic heterocycles. The van der Waals surface area contributed by atoms with Gasteiger partial charge in [-0.1, -0.05) is 54.1 Å². The summed E-state index contributed by atoms with van der Waals surface area (Å²) >= 11 is 7.25. The van der Waals surface area contributed by atoms with Gasteiger partial charge in [0.15, 0.2) is 27.1 Å². The standard InChI is InChI=1S/C26H26ClNO8S2/c27-21-22(35-14-20(29)30)24(25(31)32)37-23(21)18-7-4-8-19(13-18)36-26(17-9-11-28-12-10-17)38(33,34)15-16-5-2-1-3-6-16/h1-8,13,17,26,28H,9-12,14-15H2,(H,29,30)(H,31,32). The number of hydrogen-bond donors (Lipinski definition) is 3. The number of carboxylic acid groups (broad SMARTS) is 2. The van der Waals surface area contributed by atoms with E-state index in [4.69, 9.17) is 26.2 Å². The van der Waals surface area contributed by atoms with Crippen molar-refractivity contribution in [1.82, 2.24) is 5.32 Å². The smallest absolute Gasteiger partial charge is 0.349 e. The molecule has 0 aliphatic carbocycles. The van der Waals surface area contributed by atoms with Crippen molar-refractivity contribution < 1.29 is 37.7 Å². The van der Waals surface area contributed by atoms with Crippen LogP contribution in [-0.2, 0) is 20.4 Å². The molecule has 0 bridgehead atoms. The highest BCUT2D eigenvalue weighted by Gasteiger charge is 2.36. The van der Waals surface area contributed by atoms with Crippen LogP contribution in [0.4, 0.5) is 0 Å². The van der Waals surface area contributed by atoms with Gasteiger partial charge in [-0.05, 0) is 49.2 Å². The lowest BCUT2D eigenvalue weighted by Gasteiger charge is -2.31. The van der Waals surface area contributed by atoms with Crippen LogP contribution in [0.3, 0.4) is 0 Å². The van der Waals surface area contributed by atoms with E-state index >= 15 is 0 Å². The van der Waals surface area contributed by atoms with Crippen LogP contribution < -0.4 is 14.8 Å². The number of benzene rings is 2. The Balaban J connectivity index is 1.66.